The molecule has 0 bridgehead atoms. The maximum atomic E-state index is 12.9. The summed E-state index contributed by atoms with van der Waals surface area (Å²) in [7, 11) is 0. The van der Waals surface area contributed by atoms with Gasteiger partial charge in [-0.25, -0.2) is 4.39 Å². The Hall–Kier alpha value is -1.09. The third-order valence-corrected chi connectivity index (χ3v) is 3.38. The highest BCUT2D eigenvalue weighted by molar-refractivity contribution is 6.18. The molecule has 1 rings (SSSR count). The number of hydrogen-bond acceptors (Lipinski definition) is 1. The number of alkyl halides is 1. The molecule has 94 valence electrons. The van der Waals surface area contributed by atoms with Gasteiger partial charge in [0, 0.05) is 17.5 Å². The molecule has 4 heteroatoms. The fourth-order valence-corrected chi connectivity index (χ4v) is 1.71. The molecule has 1 N–H and O–H groups in total. The quantitative estimate of drug-likeness (QED) is 0.825. The number of amides is 1. The van der Waals surface area contributed by atoms with E-state index in [2.05, 4.69) is 5.32 Å². The first-order valence-electron chi connectivity index (χ1n) is 5.58. The topological polar surface area (TPSA) is 29.1 Å². The van der Waals surface area contributed by atoms with Crippen LogP contribution in [0.15, 0.2) is 18.2 Å². The summed E-state index contributed by atoms with van der Waals surface area (Å²) in [6.07, 6.45) is 0. The van der Waals surface area contributed by atoms with Gasteiger partial charge in [0.1, 0.15) is 5.82 Å². The van der Waals surface area contributed by atoms with Crippen LogP contribution >= 0.6 is 11.6 Å². The van der Waals surface area contributed by atoms with E-state index in [0.717, 1.165) is 0 Å². The van der Waals surface area contributed by atoms with Crippen LogP contribution in [-0.4, -0.2) is 17.8 Å². The van der Waals surface area contributed by atoms with E-state index >= 15 is 0 Å². The fourth-order valence-electron chi connectivity index (χ4n) is 1.44. The molecular formula is C13H17ClFNO. The second-order valence-electron chi connectivity index (χ2n) is 4.35. The van der Waals surface area contributed by atoms with Crippen molar-refractivity contribution in [1.82, 2.24) is 5.32 Å². The third kappa shape index (κ3) is 3.70. The summed E-state index contributed by atoms with van der Waals surface area (Å²) in [5.41, 5.74) is 1.13. The monoisotopic (exact) mass is 257 g/mol. The first-order chi connectivity index (χ1) is 7.95. The lowest BCUT2D eigenvalue weighted by molar-refractivity contribution is 0.0930. The lowest BCUT2D eigenvalue weighted by atomic mass is 10.0. The first-order valence-corrected chi connectivity index (χ1v) is 6.12. The van der Waals surface area contributed by atoms with Gasteiger partial charge in [0.05, 0.1) is 0 Å². The van der Waals surface area contributed by atoms with Gasteiger partial charge in [0.2, 0.25) is 0 Å². The van der Waals surface area contributed by atoms with Crippen molar-refractivity contribution in [2.45, 2.75) is 26.8 Å². The van der Waals surface area contributed by atoms with Gasteiger partial charge in [-0.15, -0.1) is 11.6 Å². The Morgan fingerprint density at radius 3 is 2.65 bits per heavy atom. The van der Waals surface area contributed by atoms with Crippen molar-refractivity contribution in [3.8, 4) is 0 Å². The van der Waals surface area contributed by atoms with E-state index < -0.39 is 0 Å². The van der Waals surface area contributed by atoms with Gasteiger partial charge >= 0.3 is 0 Å². The van der Waals surface area contributed by atoms with Gasteiger partial charge in [0.15, 0.2) is 0 Å². The molecule has 0 radical (unpaired) electrons. The summed E-state index contributed by atoms with van der Waals surface area (Å²) >= 11 is 5.73. The van der Waals surface area contributed by atoms with Crippen LogP contribution < -0.4 is 5.32 Å². The van der Waals surface area contributed by atoms with Gasteiger partial charge in [-0.3, -0.25) is 4.79 Å². The molecule has 2 atom stereocenters. The molecule has 2 unspecified atom stereocenters. The fraction of sp³-hybridized carbons (Fsp3) is 0.462. The number of hydrogen-bond donors (Lipinski definition) is 1. The minimum atomic E-state index is -0.332. The van der Waals surface area contributed by atoms with Gasteiger partial charge < -0.3 is 5.32 Å². The number of halogens is 2. The molecule has 0 aliphatic heterocycles. The van der Waals surface area contributed by atoms with Crippen molar-refractivity contribution in [3.05, 3.63) is 35.1 Å². The van der Waals surface area contributed by atoms with Crippen LogP contribution in [0.4, 0.5) is 4.39 Å². The smallest absolute Gasteiger partial charge is 0.251 e. The highest BCUT2D eigenvalue weighted by Gasteiger charge is 2.16. The average Bonchev–Trinajstić information content (AvgIpc) is 2.27. The molecule has 0 spiro atoms. The predicted molar refractivity (Wildman–Crippen MR) is 67.9 cm³/mol. The number of carbonyl (C=O) groups is 1. The van der Waals surface area contributed by atoms with Gasteiger partial charge in [0.25, 0.3) is 5.91 Å². The molecule has 1 aromatic carbocycles. The molecule has 1 amide bonds. The van der Waals surface area contributed by atoms with Crippen LogP contribution in [0.3, 0.4) is 0 Å². The summed E-state index contributed by atoms with van der Waals surface area (Å²) in [4.78, 5) is 11.9. The number of nitrogens with one attached hydrogen (secondary N) is 1. The molecule has 17 heavy (non-hydrogen) atoms. The SMILES string of the molecule is Cc1cc(F)ccc1C(=O)NC(C)C(C)CCl. The van der Waals surface area contributed by atoms with E-state index in [-0.39, 0.29) is 23.7 Å². The normalized spacial score (nSPS) is 14.2. The lowest BCUT2D eigenvalue weighted by Gasteiger charge is -2.19. The Kier molecular flexibility index (Phi) is 4.94. The summed E-state index contributed by atoms with van der Waals surface area (Å²) in [6.45, 7) is 5.59. The molecular weight excluding hydrogens is 241 g/mol. The number of rotatable bonds is 4. The van der Waals surface area contributed by atoms with E-state index in [4.69, 9.17) is 11.6 Å². The molecule has 2 nitrogen and oxygen atoms in total. The largest absolute Gasteiger partial charge is 0.349 e. The van der Waals surface area contributed by atoms with Crippen molar-refractivity contribution >= 4 is 17.5 Å². The average molecular weight is 258 g/mol. The lowest BCUT2D eigenvalue weighted by Crippen LogP contribution is -2.38. The summed E-state index contributed by atoms with van der Waals surface area (Å²) in [5.74, 6) is 0.165. The van der Waals surface area contributed by atoms with Crippen LogP contribution in [0.5, 0.6) is 0 Å². The van der Waals surface area contributed by atoms with Gasteiger partial charge in [-0.1, -0.05) is 6.92 Å². The molecule has 1 aromatic rings. The van der Waals surface area contributed by atoms with Crippen molar-refractivity contribution in [2.75, 3.05) is 5.88 Å². The number of benzene rings is 1. The van der Waals surface area contributed by atoms with Crippen molar-refractivity contribution in [2.24, 2.45) is 5.92 Å². The zero-order valence-electron chi connectivity index (χ0n) is 10.3. The minimum Gasteiger partial charge on any atom is -0.349 e. The number of carbonyl (C=O) groups excluding carboxylic acids is 1. The molecule has 0 fully saturated rings. The van der Waals surface area contributed by atoms with Crippen LogP contribution in [-0.2, 0) is 0 Å². The van der Waals surface area contributed by atoms with Crippen molar-refractivity contribution in [1.29, 1.82) is 0 Å². The molecule has 0 heterocycles. The summed E-state index contributed by atoms with van der Waals surface area (Å²) in [6, 6.07) is 4.13. The Balaban J connectivity index is 2.76. The van der Waals surface area contributed by atoms with E-state index in [1.165, 1.54) is 18.2 Å². The van der Waals surface area contributed by atoms with Crippen LogP contribution in [0, 0.1) is 18.7 Å². The molecule has 0 saturated carbocycles. The Morgan fingerprint density at radius 1 is 1.47 bits per heavy atom. The van der Waals surface area contributed by atoms with Gasteiger partial charge in [-0.05, 0) is 43.5 Å². The molecule has 0 aliphatic rings. The van der Waals surface area contributed by atoms with E-state index in [1.54, 1.807) is 6.92 Å². The van der Waals surface area contributed by atoms with Crippen LogP contribution in [0.25, 0.3) is 0 Å². The maximum Gasteiger partial charge on any atom is 0.251 e. The second kappa shape index (κ2) is 6.01. The molecule has 0 aromatic heterocycles. The zero-order valence-corrected chi connectivity index (χ0v) is 11.0. The van der Waals surface area contributed by atoms with E-state index in [9.17, 15) is 9.18 Å². The molecule has 0 aliphatic carbocycles. The van der Waals surface area contributed by atoms with Crippen LogP contribution in [0.2, 0.25) is 0 Å². The van der Waals surface area contributed by atoms with Crippen LogP contribution in [0.1, 0.15) is 29.8 Å². The molecule has 0 saturated heterocycles. The second-order valence-corrected chi connectivity index (χ2v) is 4.66. The summed E-state index contributed by atoms with van der Waals surface area (Å²) < 4.78 is 12.9. The Bertz CT molecular complexity index is 408. The first kappa shape index (κ1) is 14.0. The standard InChI is InChI=1S/C13H17ClFNO/c1-8-6-11(15)4-5-12(8)13(17)16-10(3)9(2)7-14/h4-6,9-10H,7H2,1-3H3,(H,16,17). The Labute approximate surface area is 106 Å². The van der Waals surface area contributed by atoms with Crippen molar-refractivity contribution in [3.63, 3.8) is 0 Å². The predicted octanol–water partition coefficient (Wildman–Crippen LogP) is 3.13. The van der Waals surface area contributed by atoms with Gasteiger partial charge in [-0.2, -0.15) is 0 Å². The Morgan fingerprint density at radius 2 is 2.12 bits per heavy atom. The highest BCUT2D eigenvalue weighted by Crippen LogP contribution is 2.11. The highest BCUT2D eigenvalue weighted by atomic mass is 35.5. The van der Waals surface area contributed by atoms with E-state index in [1.807, 2.05) is 13.8 Å². The zero-order chi connectivity index (χ0) is 13.0. The maximum absolute atomic E-state index is 12.9. The van der Waals surface area contributed by atoms with Crippen molar-refractivity contribution < 1.29 is 9.18 Å². The number of aryl methyl sites for hydroxylation is 1. The third-order valence-electron chi connectivity index (χ3n) is 2.89. The van der Waals surface area contributed by atoms with E-state index in [0.29, 0.717) is 17.0 Å². The minimum absolute atomic E-state index is 0.00977. The summed E-state index contributed by atoms with van der Waals surface area (Å²) in [5, 5.41) is 2.86.